The van der Waals surface area contributed by atoms with E-state index in [1.165, 1.54) is 0 Å². The van der Waals surface area contributed by atoms with Gasteiger partial charge in [-0.1, -0.05) is 6.07 Å². The van der Waals surface area contributed by atoms with Crippen molar-refractivity contribution in [2.24, 2.45) is 0 Å². The maximum absolute atomic E-state index is 5.41. The molecule has 0 saturated carbocycles. The molecule has 0 spiro atoms. The number of hydrogen-bond acceptors (Lipinski definition) is 4. The van der Waals surface area contributed by atoms with E-state index >= 15 is 0 Å². The molecule has 21 heavy (non-hydrogen) atoms. The Labute approximate surface area is 128 Å². The Morgan fingerprint density at radius 3 is 2.57 bits per heavy atom. The summed E-state index contributed by atoms with van der Waals surface area (Å²) in [5, 5.41) is 1.08. The highest BCUT2D eigenvalue weighted by Gasteiger charge is 2.16. The number of hydrogen-bond donors (Lipinski definition) is 0. The molecule has 4 nitrogen and oxygen atoms in total. The Morgan fingerprint density at radius 1 is 1.00 bits per heavy atom. The van der Waals surface area contributed by atoms with Crippen LogP contribution in [-0.2, 0) is 0 Å². The number of benzene rings is 1. The topological polar surface area (TPSA) is 44.2 Å². The zero-order chi connectivity index (χ0) is 13.5. The predicted octanol–water partition coefficient (Wildman–Crippen LogP) is 3.76. The second kappa shape index (κ2) is 5.22. The van der Waals surface area contributed by atoms with Crippen molar-refractivity contribution in [1.82, 2.24) is 9.97 Å². The van der Waals surface area contributed by atoms with E-state index in [0.29, 0.717) is 0 Å². The van der Waals surface area contributed by atoms with Crippen LogP contribution < -0.4 is 9.47 Å². The van der Waals surface area contributed by atoms with Gasteiger partial charge in [0.2, 0.25) is 6.79 Å². The van der Waals surface area contributed by atoms with Gasteiger partial charge in [-0.2, -0.15) is 0 Å². The van der Waals surface area contributed by atoms with Crippen LogP contribution in [0.3, 0.4) is 0 Å². The van der Waals surface area contributed by atoms with Gasteiger partial charge in [0.05, 0.1) is 16.9 Å². The zero-order valence-corrected chi connectivity index (χ0v) is 12.2. The number of ether oxygens (including phenoxy) is 2. The van der Waals surface area contributed by atoms with Crippen LogP contribution in [0.4, 0.5) is 0 Å². The minimum Gasteiger partial charge on any atom is -0.454 e. The Balaban J connectivity index is 0.00000132. The van der Waals surface area contributed by atoms with Crippen LogP contribution in [-0.4, -0.2) is 16.8 Å². The quantitative estimate of drug-likeness (QED) is 0.686. The van der Waals surface area contributed by atoms with E-state index in [4.69, 9.17) is 9.47 Å². The third-order valence-electron chi connectivity index (χ3n) is 3.44. The van der Waals surface area contributed by atoms with Gasteiger partial charge in [0.1, 0.15) is 0 Å². The summed E-state index contributed by atoms with van der Waals surface area (Å²) in [5.74, 6) is 1.54. The summed E-state index contributed by atoms with van der Waals surface area (Å²) >= 11 is 0. The number of pyridine rings is 2. The molecule has 0 unspecified atom stereocenters. The fourth-order valence-electron chi connectivity index (χ4n) is 2.43. The molecule has 0 radical (unpaired) electrons. The molecule has 0 N–H and O–H groups in total. The lowest BCUT2D eigenvalue weighted by Crippen LogP contribution is -1.92. The lowest BCUT2D eigenvalue weighted by Gasteiger charge is -2.07. The monoisotopic (exact) mass is 300 g/mol. The Bertz CT molecular complexity index is 806. The molecule has 0 aliphatic carbocycles. The first-order chi connectivity index (χ1) is 9.81. The Hall–Kier alpha value is -2.33. The summed E-state index contributed by atoms with van der Waals surface area (Å²) in [5.41, 5.74) is 3.79. The van der Waals surface area contributed by atoms with E-state index in [2.05, 4.69) is 16.9 Å². The molecule has 4 rings (SSSR count). The van der Waals surface area contributed by atoms with Crippen molar-refractivity contribution in [3.05, 3.63) is 48.2 Å². The van der Waals surface area contributed by atoms with Crippen LogP contribution in [0.5, 0.6) is 11.5 Å². The molecule has 1 aromatic carbocycles. The van der Waals surface area contributed by atoms with Gasteiger partial charge in [-0.25, -0.2) is 4.98 Å². The Kier molecular flexibility index (Phi) is 3.39. The molecule has 0 saturated heterocycles. The number of nitrogens with zero attached hydrogens (tertiary/aromatic N) is 2. The van der Waals surface area contributed by atoms with Crippen LogP contribution in [0.25, 0.3) is 22.3 Å². The normalized spacial score (nSPS) is 12.2. The van der Waals surface area contributed by atoms with Gasteiger partial charge in [-0.3, -0.25) is 4.98 Å². The van der Waals surface area contributed by atoms with Crippen molar-refractivity contribution in [3.63, 3.8) is 0 Å². The molecular formula is C16H13ClN2O2. The largest absolute Gasteiger partial charge is 0.454 e. The molecule has 5 heteroatoms. The van der Waals surface area contributed by atoms with Crippen LogP contribution in [0.1, 0.15) is 5.56 Å². The molecule has 2 aromatic heterocycles. The van der Waals surface area contributed by atoms with E-state index in [9.17, 15) is 0 Å². The van der Waals surface area contributed by atoms with Crippen molar-refractivity contribution < 1.29 is 9.47 Å². The maximum Gasteiger partial charge on any atom is 0.231 e. The van der Waals surface area contributed by atoms with Crippen LogP contribution in [0.2, 0.25) is 0 Å². The number of fused-ring (bicyclic) bond motifs is 2. The van der Waals surface area contributed by atoms with Gasteiger partial charge in [0, 0.05) is 17.6 Å². The minimum absolute atomic E-state index is 0. The molecule has 3 heterocycles. The van der Waals surface area contributed by atoms with Gasteiger partial charge in [-0.05, 0) is 36.8 Å². The highest BCUT2D eigenvalue weighted by molar-refractivity contribution is 5.88. The number of aryl methyl sites for hydroxylation is 1. The van der Waals surface area contributed by atoms with Crippen molar-refractivity contribution >= 4 is 23.3 Å². The van der Waals surface area contributed by atoms with Crippen molar-refractivity contribution in [3.8, 4) is 22.9 Å². The summed E-state index contributed by atoms with van der Waals surface area (Å²) in [7, 11) is 0. The first-order valence-electron chi connectivity index (χ1n) is 6.44. The highest BCUT2D eigenvalue weighted by atomic mass is 35.5. The third-order valence-corrected chi connectivity index (χ3v) is 3.44. The summed E-state index contributed by atoms with van der Waals surface area (Å²) in [4.78, 5) is 9.04. The highest BCUT2D eigenvalue weighted by Crippen LogP contribution is 2.37. The predicted molar refractivity (Wildman–Crippen MR) is 83.1 cm³/mol. The third kappa shape index (κ3) is 2.28. The van der Waals surface area contributed by atoms with Gasteiger partial charge < -0.3 is 9.47 Å². The summed E-state index contributed by atoms with van der Waals surface area (Å²) < 4.78 is 10.8. The lowest BCUT2D eigenvalue weighted by atomic mass is 10.1. The number of aromatic nitrogens is 2. The van der Waals surface area contributed by atoms with Crippen molar-refractivity contribution in [2.45, 2.75) is 6.92 Å². The lowest BCUT2D eigenvalue weighted by molar-refractivity contribution is 0.174. The molecule has 1 aliphatic heterocycles. The summed E-state index contributed by atoms with van der Waals surface area (Å²) in [6.45, 7) is 2.34. The molecule has 0 bridgehead atoms. The van der Waals surface area contributed by atoms with Crippen LogP contribution >= 0.6 is 12.4 Å². The van der Waals surface area contributed by atoms with E-state index in [0.717, 1.165) is 39.4 Å². The zero-order valence-electron chi connectivity index (χ0n) is 11.4. The van der Waals surface area contributed by atoms with E-state index in [-0.39, 0.29) is 19.2 Å². The molecule has 0 amide bonds. The van der Waals surface area contributed by atoms with E-state index < -0.39 is 0 Å². The summed E-state index contributed by atoms with van der Waals surface area (Å²) in [6, 6.07) is 11.8. The fourth-order valence-corrected chi connectivity index (χ4v) is 2.43. The second-order valence-corrected chi connectivity index (χ2v) is 4.76. The van der Waals surface area contributed by atoms with Crippen molar-refractivity contribution in [2.75, 3.05) is 6.79 Å². The van der Waals surface area contributed by atoms with Gasteiger partial charge in [0.15, 0.2) is 11.5 Å². The maximum atomic E-state index is 5.41. The second-order valence-electron chi connectivity index (χ2n) is 4.76. The van der Waals surface area contributed by atoms with Crippen LogP contribution in [0.15, 0.2) is 42.6 Å². The smallest absolute Gasteiger partial charge is 0.231 e. The first kappa shape index (κ1) is 13.6. The molecule has 1 aliphatic rings. The van der Waals surface area contributed by atoms with E-state index in [1.54, 1.807) is 6.20 Å². The van der Waals surface area contributed by atoms with Gasteiger partial charge in [-0.15, -0.1) is 12.4 Å². The first-order valence-corrected chi connectivity index (χ1v) is 6.44. The number of rotatable bonds is 1. The molecular weight excluding hydrogens is 288 g/mol. The van der Waals surface area contributed by atoms with Crippen LogP contribution in [0, 0.1) is 6.92 Å². The number of halogens is 1. The Morgan fingerprint density at radius 2 is 1.81 bits per heavy atom. The molecule has 0 atom stereocenters. The van der Waals surface area contributed by atoms with Crippen molar-refractivity contribution in [1.29, 1.82) is 0 Å². The SMILES string of the molecule is Cc1cc(-c2ccccn2)nc2cc3c(cc12)OCO3.Cl. The standard InChI is InChI=1S/C16H12N2O2.ClH/c1-10-6-14(12-4-2-3-5-17-12)18-13-8-16-15(7-11(10)13)19-9-20-16;/h2-8H,9H2,1H3;1H. The molecule has 106 valence electrons. The minimum atomic E-state index is 0. The average Bonchev–Trinajstić information content (AvgIpc) is 2.93. The fraction of sp³-hybridized carbons (Fsp3) is 0.125. The van der Waals surface area contributed by atoms with E-state index in [1.807, 2.05) is 36.4 Å². The average molecular weight is 301 g/mol. The molecule has 0 fully saturated rings. The summed E-state index contributed by atoms with van der Waals surface area (Å²) in [6.07, 6.45) is 1.77. The van der Waals surface area contributed by atoms with Gasteiger partial charge >= 0.3 is 0 Å². The molecule has 3 aromatic rings. The van der Waals surface area contributed by atoms with Gasteiger partial charge in [0.25, 0.3) is 0 Å².